The number of para-hydroxylation sites is 1. The molecule has 8 heteroatoms. The van der Waals surface area contributed by atoms with E-state index in [-0.39, 0.29) is 18.4 Å². The van der Waals surface area contributed by atoms with Crippen molar-refractivity contribution in [3.8, 4) is 11.5 Å². The van der Waals surface area contributed by atoms with E-state index in [9.17, 15) is 4.39 Å². The highest BCUT2D eigenvalue weighted by Gasteiger charge is 2.19. The summed E-state index contributed by atoms with van der Waals surface area (Å²) in [6, 6.07) is 14.3. The summed E-state index contributed by atoms with van der Waals surface area (Å²) in [6.07, 6.45) is 0. The number of benzene rings is 2. The maximum absolute atomic E-state index is 13.8. The molecular formula is C22H26FN3O3S. The first-order chi connectivity index (χ1) is 14.6. The number of rotatable bonds is 11. The molecule has 0 aliphatic heterocycles. The second-order valence-electron chi connectivity index (χ2n) is 6.80. The van der Waals surface area contributed by atoms with Crippen LogP contribution in [0.4, 0.5) is 4.39 Å². The topological polar surface area (TPSA) is 58.4 Å². The molecule has 3 rings (SSSR count). The lowest BCUT2D eigenvalue weighted by atomic mass is 10.2. The monoisotopic (exact) mass is 431 g/mol. The van der Waals surface area contributed by atoms with Crippen molar-refractivity contribution in [2.75, 3.05) is 26.1 Å². The van der Waals surface area contributed by atoms with Crippen molar-refractivity contribution >= 4 is 11.8 Å². The summed E-state index contributed by atoms with van der Waals surface area (Å²) in [6.45, 7) is 5.22. The van der Waals surface area contributed by atoms with Gasteiger partial charge in [-0.05, 0) is 38.1 Å². The summed E-state index contributed by atoms with van der Waals surface area (Å²) in [5.74, 6) is 1.95. The van der Waals surface area contributed by atoms with E-state index in [0.717, 1.165) is 10.9 Å². The number of aryl methyl sites for hydroxylation is 1. The summed E-state index contributed by atoms with van der Waals surface area (Å²) >= 11 is 1.55. The van der Waals surface area contributed by atoms with Crippen molar-refractivity contribution in [1.82, 2.24) is 14.8 Å². The zero-order chi connectivity index (χ0) is 21.3. The van der Waals surface area contributed by atoms with Crippen molar-refractivity contribution in [3.05, 3.63) is 65.7 Å². The number of aromatic nitrogens is 3. The van der Waals surface area contributed by atoms with Crippen LogP contribution in [0.5, 0.6) is 11.5 Å². The van der Waals surface area contributed by atoms with Gasteiger partial charge in [0, 0.05) is 12.9 Å². The van der Waals surface area contributed by atoms with Gasteiger partial charge in [-0.2, -0.15) is 0 Å². The maximum atomic E-state index is 13.8. The van der Waals surface area contributed by atoms with Gasteiger partial charge in [0.1, 0.15) is 12.4 Å². The van der Waals surface area contributed by atoms with Crippen LogP contribution in [0.15, 0.2) is 53.7 Å². The number of hydrogen-bond acceptors (Lipinski definition) is 6. The second-order valence-corrected chi connectivity index (χ2v) is 7.86. The highest BCUT2D eigenvalue weighted by molar-refractivity contribution is 7.99. The first-order valence-electron chi connectivity index (χ1n) is 9.70. The molecule has 1 aromatic heterocycles. The molecule has 0 saturated carbocycles. The number of ether oxygens (including phenoxy) is 3. The molecule has 0 aliphatic carbocycles. The Morgan fingerprint density at radius 1 is 1.07 bits per heavy atom. The minimum absolute atomic E-state index is 0.00439. The molecule has 0 aliphatic rings. The van der Waals surface area contributed by atoms with Crippen molar-refractivity contribution in [2.24, 2.45) is 0 Å². The summed E-state index contributed by atoms with van der Waals surface area (Å²) < 4.78 is 32.5. The Bertz CT molecular complexity index is 934. The van der Waals surface area contributed by atoms with E-state index in [0.29, 0.717) is 24.8 Å². The zero-order valence-electron chi connectivity index (χ0n) is 17.4. The third-order valence-corrected chi connectivity index (χ3v) is 5.29. The summed E-state index contributed by atoms with van der Waals surface area (Å²) in [4.78, 5) is 0. The summed E-state index contributed by atoms with van der Waals surface area (Å²) in [5, 5.41) is 9.31. The maximum Gasteiger partial charge on any atom is 0.191 e. The van der Waals surface area contributed by atoms with E-state index in [2.05, 4.69) is 10.2 Å². The van der Waals surface area contributed by atoms with Gasteiger partial charge in [-0.15, -0.1) is 10.2 Å². The standard InChI is InChI=1S/C22H26FN3O3S/c1-16-8-10-18(11-9-16)28-12-13-30-22-25-24-21(26(22)17(2)14-27-3)15-29-20-7-5-4-6-19(20)23/h4-11,17H,12-15H2,1-3H3. The van der Waals surface area contributed by atoms with E-state index in [1.807, 2.05) is 42.7 Å². The Morgan fingerprint density at radius 3 is 2.57 bits per heavy atom. The van der Waals surface area contributed by atoms with E-state index in [1.54, 1.807) is 37.1 Å². The first-order valence-corrected chi connectivity index (χ1v) is 10.7. The van der Waals surface area contributed by atoms with Crippen LogP contribution in [0, 0.1) is 12.7 Å². The van der Waals surface area contributed by atoms with E-state index >= 15 is 0 Å². The minimum Gasteiger partial charge on any atom is -0.493 e. The largest absolute Gasteiger partial charge is 0.493 e. The average Bonchev–Trinajstić information content (AvgIpc) is 3.15. The molecule has 1 atom stereocenters. The molecule has 3 aromatic rings. The van der Waals surface area contributed by atoms with Gasteiger partial charge in [0.15, 0.2) is 22.5 Å². The Balaban J connectivity index is 1.63. The van der Waals surface area contributed by atoms with Gasteiger partial charge in [0.05, 0.1) is 19.3 Å². The van der Waals surface area contributed by atoms with Gasteiger partial charge < -0.3 is 14.2 Å². The smallest absolute Gasteiger partial charge is 0.191 e. The van der Waals surface area contributed by atoms with Crippen LogP contribution in [-0.4, -0.2) is 40.8 Å². The van der Waals surface area contributed by atoms with Crippen molar-refractivity contribution in [2.45, 2.75) is 31.7 Å². The number of hydrogen-bond donors (Lipinski definition) is 0. The van der Waals surface area contributed by atoms with E-state index < -0.39 is 5.82 Å². The van der Waals surface area contributed by atoms with Crippen LogP contribution in [0.1, 0.15) is 24.4 Å². The lowest BCUT2D eigenvalue weighted by Gasteiger charge is -2.17. The van der Waals surface area contributed by atoms with Crippen LogP contribution in [0.3, 0.4) is 0 Å². The fourth-order valence-electron chi connectivity index (χ4n) is 2.89. The molecule has 2 aromatic carbocycles. The molecule has 0 amide bonds. The SMILES string of the molecule is COCC(C)n1c(COc2ccccc2F)nnc1SCCOc1ccc(C)cc1. The highest BCUT2D eigenvalue weighted by atomic mass is 32.2. The van der Waals surface area contributed by atoms with E-state index in [4.69, 9.17) is 14.2 Å². The molecule has 0 spiro atoms. The van der Waals surface area contributed by atoms with Crippen molar-refractivity contribution < 1.29 is 18.6 Å². The second kappa shape index (κ2) is 11.0. The zero-order valence-corrected chi connectivity index (χ0v) is 18.2. The number of thioether (sulfide) groups is 1. The van der Waals surface area contributed by atoms with Gasteiger partial charge in [-0.1, -0.05) is 41.6 Å². The summed E-state index contributed by atoms with van der Waals surface area (Å²) in [7, 11) is 1.65. The van der Waals surface area contributed by atoms with Crippen LogP contribution >= 0.6 is 11.8 Å². The van der Waals surface area contributed by atoms with Crippen LogP contribution in [0.25, 0.3) is 0 Å². The molecular weight excluding hydrogens is 405 g/mol. The molecule has 0 saturated heterocycles. The molecule has 1 heterocycles. The molecule has 0 fully saturated rings. The van der Waals surface area contributed by atoms with Crippen LogP contribution < -0.4 is 9.47 Å². The first kappa shape index (κ1) is 22.1. The van der Waals surface area contributed by atoms with Gasteiger partial charge in [0.25, 0.3) is 0 Å². The van der Waals surface area contributed by atoms with Crippen LogP contribution in [-0.2, 0) is 11.3 Å². The number of halogens is 1. The average molecular weight is 432 g/mol. The Morgan fingerprint density at radius 2 is 1.83 bits per heavy atom. The predicted octanol–water partition coefficient (Wildman–Crippen LogP) is 4.68. The van der Waals surface area contributed by atoms with Gasteiger partial charge in [-0.3, -0.25) is 4.57 Å². The van der Waals surface area contributed by atoms with Crippen molar-refractivity contribution in [3.63, 3.8) is 0 Å². The highest BCUT2D eigenvalue weighted by Crippen LogP contribution is 2.24. The Hall–Kier alpha value is -2.58. The van der Waals surface area contributed by atoms with Crippen molar-refractivity contribution in [1.29, 1.82) is 0 Å². The lowest BCUT2D eigenvalue weighted by molar-refractivity contribution is 0.154. The molecule has 0 radical (unpaired) electrons. The molecule has 6 nitrogen and oxygen atoms in total. The van der Waals surface area contributed by atoms with Gasteiger partial charge >= 0.3 is 0 Å². The van der Waals surface area contributed by atoms with Gasteiger partial charge in [-0.25, -0.2) is 4.39 Å². The molecule has 0 N–H and O–H groups in total. The van der Waals surface area contributed by atoms with E-state index in [1.165, 1.54) is 11.6 Å². The fraction of sp³-hybridized carbons (Fsp3) is 0.364. The minimum atomic E-state index is -0.406. The Kier molecular flexibility index (Phi) is 8.10. The third kappa shape index (κ3) is 5.96. The predicted molar refractivity (Wildman–Crippen MR) is 115 cm³/mol. The molecule has 160 valence electrons. The molecule has 30 heavy (non-hydrogen) atoms. The quantitative estimate of drug-likeness (QED) is 0.324. The Labute approximate surface area is 180 Å². The fourth-order valence-corrected chi connectivity index (χ4v) is 3.77. The number of nitrogens with zero attached hydrogens (tertiary/aromatic N) is 3. The van der Waals surface area contributed by atoms with Crippen LogP contribution in [0.2, 0.25) is 0 Å². The summed E-state index contributed by atoms with van der Waals surface area (Å²) in [5.41, 5.74) is 1.20. The lowest BCUT2D eigenvalue weighted by Crippen LogP contribution is -2.17. The molecule has 0 bridgehead atoms. The molecule has 1 unspecified atom stereocenters. The van der Waals surface area contributed by atoms with Gasteiger partial charge in [0.2, 0.25) is 0 Å². The third-order valence-electron chi connectivity index (χ3n) is 4.38. The number of methoxy groups -OCH3 is 1. The normalized spacial score (nSPS) is 12.0.